The third kappa shape index (κ3) is 3.58. The number of fused-ring (bicyclic) bond motifs is 1. The topological polar surface area (TPSA) is 52.8 Å². The zero-order chi connectivity index (χ0) is 19.7. The number of allylic oxidation sites excluding steroid dienone is 1. The van der Waals surface area contributed by atoms with Crippen LogP contribution in [0.15, 0.2) is 33.7 Å². The molecule has 1 aromatic rings. The number of amidine groups is 1. The second-order valence-electron chi connectivity index (χ2n) is 6.42. The lowest BCUT2D eigenvalue weighted by molar-refractivity contribution is -0.407. The first-order valence-corrected chi connectivity index (χ1v) is 9.98. The average Bonchev–Trinajstić information content (AvgIpc) is 2.65. The van der Waals surface area contributed by atoms with Gasteiger partial charge in [0.2, 0.25) is 0 Å². The van der Waals surface area contributed by atoms with Gasteiger partial charge in [-0.3, -0.25) is 4.79 Å². The number of rotatable bonds is 5. The van der Waals surface area contributed by atoms with Crippen LogP contribution in [0, 0.1) is 11.7 Å². The van der Waals surface area contributed by atoms with Crippen molar-refractivity contribution >= 4 is 47.4 Å². The number of thioether (sulfide) groups is 1. The molecule has 0 fully saturated rings. The Hall–Kier alpha value is -1.99. The summed E-state index contributed by atoms with van der Waals surface area (Å²) in [7, 11) is 3.07. The van der Waals surface area contributed by atoms with Gasteiger partial charge < -0.3 is 0 Å². The Morgan fingerprint density at radius 1 is 1.37 bits per heavy atom. The van der Waals surface area contributed by atoms with E-state index in [0.717, 1.165) is 28.2 Å². The number of carbonyl (C=O) groups excluding carboxylic acids is 2. The van der Waals surface area contributed by atoms with E-state index in [-0.39, 0.29) is 11.7 Å². The van der Waals surface area contributed by atoms with Crippen molar-refractivity contribution in [3.63, 3.8) is 0 Å². The van der Waals surface area contributed by atoms with Gasteiger partial charge in [-0.05, 0) is 24.1 Å². The summed E-state index contributed by atoms with van der Waals surface area (Å²) in [6, 6.07) is 4.17. The van der Waals surface area contributed by atoms with Gasteiger partial charge in [0.05, 0.1) is 14.1 Å². The van der Waals surface area contributed by atoms with Crippen molar-refractivity contribution in [2.75, 3.05) is 14.1 Å². The Bertz CT molecular complexity index is 890. The van der Waals surface area contributed by atoms with Crippen molar-refractivity contribution in [2.24, 2.45) is 10.9 Å². The fourth-order valence-electron chi connectivity index (χ4n) is 3.15. The minimum Gasteiger partial charge on any atom is -0.255 e. The highest BCUT2D eigenvalue weighted by molar-refractivity contribution is 8.02. The Morgan fingerprint density at radius 3 is 2.78 bits per heavy atom. The Labute approximate surface area is 166 Å². The largest absolute Gasteiger partial charge is 0.445 e. The number of aliphatic imine (C=N–C) groups is 1. The number of amides is 3. The predicted molar refractivity (Wildman–Crippen MR) is 106 cm³/mol. The summed E-state index contributed by atoms with van der Waals surface area (Å²) < 4.78 is 15.6. The van der Waals surface area contributed by atoms with Gasteiger partial charge in [0.1, 0.15) is 12.0 Å². The smallest absolute Gasteiger partial charge is 0.255 e. The molecule has 0 N–H and O–H groups in total. The highest BCUT2D eigenvalue weighted by atomic mass is 35.5. The molecule has 1 unspecified atom stereocenters. The molecule has 142 valence electrons. The van der Waals surface area contributed by atoms with Gasteiger partial charge in [0.25, 0.3) is 5.84 Å². The van der Waals surface area contributed by atoms with Crippen LogP contribution in [-0.2, 0) is 10.5 Å². The maximum absolute atomic E-state index is 14.2. The average molecular weight is 409 g/mol. The van der Waals surface area contributed by atoms with Gasteiger partial charge in [0, 0.05) is 21.2 Å². The van der Waals surface area contributed by atoms with Crippen molar-refractivity contribution in [2.45, 2.75) is 25.5 Å². The first kappa shape index (κ1) is 19.8. The normalized spacial score (nSPS) is 19.9. The van der Waals surface area contributed by atoms with Crippen LogP contribution in [0.1, 0.15) is 25.3 Å². The summed E-state index contributed by atoms with van der Waals surface area (Å²) in [5.41, 5.74) is 1.34. The van der Waals surface area contributed by atoms with E-state index in [9.17, 15) is 14.0 Å². The molecule has 2 aliphatic rings. The lowest BCUT2D eigenvalue weighted by atomic mass is 9.96. The molecule has 0 saturated carbocycles. The second-order valence-corrected chi connectivity index (χ2v) is 7.84. The molecule has 2 aliphatic heterocycles. The van der Waals surface area contributed by atoms with Crippen LogP contribution in [-0.4, -0.2) is 47.6 Å². The molecule has 5 nitrogen and oxygen atoms in total. The van der Waals surface area contributed by atoms with E-state index in [2.05, 4.69) is 4.99 Å². The van der Waals surface area contributed by atoms with Crippen LogP contribution < -0.4 is 0 Å². The number of carbonyl (C=O) groups is 2. The predicted octanol–water partition coefficient (Wildman–Crippen LogP) is 4.10. The summed E-state index contributed by atoms with van der Waals surface area (Å²) in [5, 5.41) is 0.355. The quantitative estimate of drug-likeness (QED) is 0.689. The van der Waals surface area contributed by atoms with E-state index >= 15 is 0 Å². The van der Waals surface area contributed by atoms with Gasteiger partial charge in [-0.2, -0.15) is 9.48 Å². The van der Waals surface area contributed by atoms with E-state index in [1.807, 2.05) is 6.92 Å². The van der Waals surface area contributed by atoms with Gasteiger partial charge >= 0.3 is 11.9 Å². The Balaban J connectivity index is 2.02. The SMILES string of the molecule is CCCC1=C(SCc2c(F)cccc2Cl)C2C(=O)N(C)C(=O)[N+](C)=C2N=C1. The number of hydrogen-bond acceptors (Lipinski definition) is 4. The van der Waals surface area contributed by atoms with Crippen LogP contribution in [0.4, 0.5) is 9.18 Å². The van der Waals surface area contributed by atoms with Crippen LogP contribution in [0.3, 0.4) is 0 Å². The maximum Gasteiger partial charge on any atom is 0.445 e. The van der Waals surface area contributed by atoms with E-state index in [1.54, 1.807) is 25.4 Å². The number of halogens is 2. The summed E-state index contributed by atoms with van der Waals surface area (Å²) in [4.78, 5) is 31.4. The van der Waals surface area contributed by atoms with Gasteiger partial charge in [-0.25, -0.2) is 9.18 Å². The molecule has 3 amide bonds. The van der Waals surface area contributed by atoms with Gasteiger partial charge in [0.15, 0.2) is 5.92 Å². The molecule has 1 atom stereocenters. The molecule has 0 saturated heterocycles. The molecule has 0 aromatic heterocycles. The highest BCUT2D eigenvalue weighted by Crippen LogP contribution is 2.38. The Morgan fingerprint density at radius 2 is 2.11 bits per heavy atom. The monoisotopic (exact) mass is 408 g/mol. The van der Waals surface area contributed by atoms with Crippen LogP contribution in [0.5, 0.6) is 0 Å². The van der Waals surface area contributed by atoms with E-state index in [1.165, 1.54) is 29.5 Å². The number of nitrogens with zero attached hydrogens (tertiary/aromatic N) is 3. The fourth-order valence-corrected chi connectivity index (χ4v) is 4.77. The molecule has 0 spiro atoms. The van der Waals surface area contributed by atoms with Crippen LogP contribution in [0.2, 0.25) is 5.02 Å². The number of urea groups is 1. The summed E-state index contributed by atoms with van der Waals surface area (Å²) >= 11 is 7.53. The number of benzene rings is 1. The summed E-state index contributed by atoms with van der Waals surface area (Å²) in [6.45, 7) is 2.04. The number of hydrogen-bond donors (Lipinski definition) is 0. The fraction of sp³-hybridized carbons (Fsp3) is 0.368. The van der Waals surface area contributed by atoms with Crippen molar-refractivity contribution in [1.29, 1.82) is 0 Å². The third-order valence-corrected chi connectivity index (χ3v) is 6.23. The third-order valence-electron chi connectivity index (χ3n) is 4.64. The molecule has 0 radical (unpaired) electrons. The van der Waals surface area contributed by atoms with Gasteiger partial charge in [-0.1, -0.05) is 31.0 Å². The molecular weight excluding hydrogens is 389 g/mol. The first-order chi connectivity index (χ1) is 12.9. The standard InChI is InChI=1S/C19H20ClFN3O2S/c1-4-6-11-9-22-17-15(18(25)24(3)19(26)23(17)2)16(11)27-10-12-13(20)7-5-8-14(12)21/h5,7-9,15H,4,6,10H2,1-3H3/q+1. The van der Waals surface area contributed by atoms with E-state index < -0.39 is 11.9 Å². The molecule has 1 aromatic carbocycles. The van der Waals surface area contributed by atoms with Gasteiger partial charge in [-0.15, -0.1) is 16.8 Å². The lowest BCUT2D eigenvalue weighted by Gasteiger charge is -2.28. The minimum atomic E-state index is -0.653. The minimum absolute atomic E-state index is 0.292. The molecule has 8 heteroatoms. The van der Waals surface area contributed by atoms with Crippen molar-refractivity contribution in [3.05, 3.63) is 45.1 Å². The molecule has 0 bridgehead atoms. The Kier molecular flexibility index (Phi) is 5.81. The zero-order valence-electron chi connectivity index (χ0n) is 15.3. The zero-order valence-corrected chi connectivity index (χ0v) is 16.9. The number of dihydropyridines is 1. The lowest BCUT2D eigenvalue weighted by Crippen LogP contribution is -2.52. The molecule has 27 heavy (non-hydrogen) atoms. The molecule has 0 aliphatic carbocycles. The van der Waals surface area contributed by atoms with E-state index in [0.29, 0.717) is 22.2 Å². The molecule has 2 heterocycles. The van der Waals surface area contributed by atoms with Crippen molar-refractivity contribution in [1.82, 2.24) is 4.90 Å². The second kappa shape index (κ2) is 7.94. The summed E-state index contributed by atoms with van der Waals surface area (Å²) in [5.74, 6) is -0.647. The summed E-state index contributed by atoms with van der Waals surface area (Å²) in [6.07, 6.45) is 3.34. The maximum atomic E-state index is 14.2. The van der Waals surface area contributed by atoms with Crippen LogP contribution in [0.25, 0.3) is 0 Å². The highest BCUT2D eigenvalue weighted by Gasteiger charge is 2.48. The molecule has 3 rings (SSSR count). The molecular formula is C19H20ClFN3O2S+. The van der Waals surface area contributed by atoms with E-state index in [4.69, 9.17) is 11.6 Å². The van der Waals surface area contributed by atoms with Crippen molar-refractivity contribution in [3.8, 4) is 0 Å². The van der Waals surface area contributed by atoms with Crippen molar-refractivity contribution < 1.29 is 18.6 Å². The first-order valence-electron chi connectivity index (χ1n) is 8.61. The number of imide groups is 1. The van der Waals surface area contributed by atoms with Crippen LogP contribution >= 0.6 is 23.4 Å².